The zero-order chi connectivity index (χ0) is 39.2. The van der Waals surface area contributed by atoms with Gasteiger partial charge in [0, 0.05) is 49.3 Å². The number of aromatic nitrogens is 4. The summed E-state index contributed by atoms with van der Waals surface area (Å²) in [4.78, 5) is 15.2. The first kappa shape index (κ1) is 33.5. The average Bonchev–Trinajstić information content (AvgIpc) is 3.91. The second-order valence-electron chi connectivity index (χ2n) is 16.0. The van der Waals surface area contributed by atoms with Crippen molar-refractivity contribution in [3.63, 3.8) is 0 Å². The first-order chi connectivity index (χ1) is 29.0. The number of hydrogen-bond acceptors (Lipinski definition) is 4. The molecule has 0 atom stereocenters. The Morgan fingerprint density at radius 3 is 1.71 bits per heavy atom. The summed E-state index contributed by atoms with van der Waals surface area (Å²) >= 11 is 0. The molecule has 3 heterocycles. The molecule has 11 aromatic rings. The standard InChI is InChI=1S/C54H36N4O/c1-54(2)44-19-11-9-17-39(44)42-29-30-46-49(50(42)54)43-18-10-12-20-45(43)58(46)38-25-21-35(22-26-38)52-55-51(34-15-7-4-8-16-34)56-53(57-52)37-24-28-41-40-27-23-36(33-13-5-3-6-14-33)31-47(40)59-48(41)32-37/h3-32H,1-2H3. The van der Waals surface area contributed by atoms with E-state index in [-0.39, 0.29) is 5.41 Å². The molecule has 3 aromatic heterocycles. The molecule has 0 saturated heterocycles. The van der Waals surface area contributed by atoms with E-state index in [1.165, 1.54) is 44.1 Å². The van der Waals surface area contributed by atoms with Crippen molar-refractivity contribution in [3.05, 3.63) is 193 Å². The highest BCUT2D eigenvalue weighted by Gasteiger charge is 2.38. The Morgan fingerprint density at radius 1 is 0.424 bits per heavy atom. The molecule has 0 amide bonds. The fourth-order valence-electron chi connectivity index (χ4n) is 9.45. The Balaban J connectivity index is 0.970. The normalized spacial score (nSPS) is 13.1. The lowest BCUT2D eigenvalue weighted by atomic mass is 9.80. The lowest BCUT2D eigenvalue weighted by Crippen LogP contribution is -2.15. The third kappa shape index (κ3) is 5.14. The topological polar surface area (TPSA) is 56.7 Å². The SMILES string of the molecule is CC1(C)c2ccccc2-c2ccc3c(c21)c1ccccc1n3-c1ccc(-c2nc(-c3ccccc3)nc(-c3ccc4c(c3)oc3cc(-c5ccccc5)ccc34)n2)cc1. The molecule has 0 bridgehead atoms. The number of fused-ring (bicyclic) bond motifs is 10. The van der Waals surface area contributed by atoms with Crippen molar-refractivity contribution in [1.82, 2.24) is 19.5 Å². The summed E-state index contributed by atoms with van der Waals surface area (Å²) in [5.41, 5.74) is 15.4. The van der Waals surface area contributed by atoms with Gasteiger partial charge in [0.15, 0.2) is 17.5 Å². The number of rotatable bonds is 5. The molecule has 278 valence electrons. The van der Waals surface area contributed by atoms with Crippen molar-refractivity contribution in [1.29, 1.82) is 0 Å². The van der Waals surface area contributed by atoms with E-state index in [0.717, 1.165) is 55.4 Å². The predicted molar refractivity (Wildman–Crippen MR) is 241 cm³/mol. The predicted octanol–water partition coefficient (Wildman–Crippen LogP) is 13.8. The molecule has 1 aliphatic rings. The molecule has 8 aromatic carbocycles. The van der Waals surface area contributed by atoms with Gasteiger partial charge in [-0.1, -0.05) is 135 Å². The van der Waals surface area contributed by atoms with Gasteiger partial charge in [0.1, 0.15) is 11.2 Å². The molecule has 0 spiro atoms. The van der Waals surface area contributed by atoms with Crippen LogP contribution in [0.15, 0.2) is 186 Å². The second kappa shape index (κ2) is 12.7. The Kier molecular flexibility index (Phi) is 7.20. The van der Waals surface area contributed by atoms with Gasteiger partial charge in [0.05, 0.1) is 11.0 Å². The maximum Gasteiger partial charge on any atom is 0.164 e. The summed E-state index contributed by atoms with van der Waals surface area (Å²) in [6.45, 7) is 4.72. The molecular formula is C54H36N4O. The fraction of sp³-hybridized carbons (Fsp3) is 0.0556. The van der Waals surface area contributed by atoms with E-state index < -0.39 is 0 Å². The zero-order valence-electron chi connectivity index (χ0n) is 32.5. The Labute approximate surface area is 340 Å². The van der Waals surface area contributed by atoms with Crippen molar-refractivity contribution in [3.8, 4) is 62.1 Å². The van der Waals surface area contributed by atoms with Crippen molar-refractivity contribution in [2.45, 2.75) is 19.3 Å². The van der Waals surface area contributed by atoms with Gasteiger partial charge in [-0.05, 0) is 94.0 Å². The van der Waals surface area contributed by atoms with Gasteiger partial charge in [-0.2, -0.15) is 0 Å². The van der Waals surface area contributed by atoms with Crippen LogP contribution < -0.4 is 0 Å². The van der Waals surface area contributed by atoms with Crippen molar-refractivity contribution in [2.75, 3.05) is 0 Å². The zero-order valence-corrected chi connectivity index (χ0v) is 32.5. The van der Waals surface area contributed by atoms with Crippen LogP contribution in [0.25, 0.3) is 106 Å². The average molecular weight is 757 g/mol. The Morgan fingerprint density at radius 2 is 0.983 bits per heavy atom. The van der Waals surface area contributed by atoms with Crippen LogP contribution >= 0.6 is 0 Å². The lowest BCUT2D eigenvalue weighted by Gasteiger charge is -2.22. The van der Waals surface area contributed by atoms with Gasteiger partial charge < -0.3 is 8.98 Å². The van der Waals surface area contributed by atoms with Crippen LogP contribution in [0.4, 0.5) is 0 Å². The molecular weight excluding hydrogens is 721 g/mol. The van der Waals surface area contributed by atoms with Gasteiger partial charge in [-0.3, -0.25) is 0 Å². The molecule has 0 aliphatic heterocycles. The summed E-state index contributed by atoms with van der Waals surface area (Å²) in [7, 11) is 0. The highest BCUT2D eigenvalue weighted by Crippen LogP contribution is 2.53. The van der Waals surface area contributed by atoms with E-state index >= 15 is 0 Å². The molecule has 5 heteroatoms. The van der Waals surface area contributed by atoms with Gasteiger partial charge in [0.25, 0.3) is 0 Å². The van der Waals surface area contributed by atoms with E-state index in [1.807, 2.05) is 42.5 Å². The minimum atomic E-state index is -0.127. The van der Waals surface area contributed by atoms with Gasteiger partial charge in [0.2, 0.25) is 0 Å². The number of hydrogen-bond donors (Lipinski definition) is 0. The summed E-state index contributed by atoms with van der Waals surface area (Å²) < 4.78 is 8.89. The summed E-state index contributed by atoms with van der Waals surface area (Å²) in [6, 6.07) is 64.0. The van der Waals surface area contributed by atoms with Gasteiger partial charge in [-0.15, -0.1) is 0 Å². The number of benzene rings is 8. The van der Waals surface area contributed by atoms with E-state index in [4.69, 9.17) is 19.4 Å². The van der Waals surface area contributed by atoms with Crippen molar-refractivity contribution >= 4 is 43.7 Å². The third-order valence-electron chi connectivity index (χ3n) is 12.2. The van der Waals surface area contributed by atoms with E-state index in [2.05, 4.69) is 158 Å². The van der Waals surface area contributed by atoms with Crippen molar-refractivity contribution in [2.24, 2.45) is 0 Å². The number of furan rings is 1. The van der Waals surface area contributed by atoms with E-state index in [9.17, 15) is 0 Å². The second-order valence-corrected chi connectivity index (χ2v) is 16.0. The largest absolute Gasteiger partial charge is 0.456 e. The maximum absolute atomic E-state index is 6.49. The molecule has 0 saturated carbocycles. The molecule has 1 aliphatic carbocycles. The monoisotopic (exact) mass is 756 g/mol. The quantitative estimate of drug-likeness (QED) is 0.175. The maximum atomic E-state index is 6.49. The van der Waals surface area contributed by atoms with Crippen LogP contribution in [0.2, 0.25) is 0 Å². The minimum Gasteiger partial charge on any atom is -0.456 e. The first-order valence-corrected chi connectivity index (χ1v) is 20.1. The highest BCUT2D eigenvalue weighted by atomic mass is 16.3. The third-order valence-corrected chi connectivity index (χ3v) is 12.2. The summed E-state index contributed by atoms with van der Waals surface area (Å²) in [5.74, 6) is 1.81. The molecule has 59 heavy (non-hydrogen) atoms. The van der Waals surface area contributed by atoms with Crippen LogP contribution in [-0.4, -0.2) is 19.5 Å². The first-order valence-electron chi connectivity index (χ1n) is 20.1. The smallest absolute Gasteiger partial charge is 0.164 e. The minimum absolute atomic E-state index is 0.127. The van der Waals surface area contributed by atoms with Crippen LogP contribution in [0.3, 0.4) is 0 Å². The van der Waals surface area contributed by atoms with Gasteiger partial charge in [-0.25, -0.2) is 15.0 Å². The Bertz CT molecular complexity index is 3450. The highest BCUT2D eigenvalue weighted by molar-refractivity contribution is 6.14. The number of para-hydroxylation sites is 1. The number of nitrogens with zero attached hydrogens (tertiary/aromatic N) is 4. The summed E-state index contributed by atoms with van der Waals surface area (Å²) in [6.07, 6.45) is 0. The van der Waals surface area contributed by atoms with Crippen LogP contribution in [0.5, 0.6) is 0 Å². The fourth-order valence-corrected chi connectivity index (χ4v) is 9.45. The molecule has 0 fully saturated rings. The van der Waals surface area contributed by atoms with Crippen molar-refractivity contribution < 1.29 is 4.42 Å². The van der Waals surface area contributed by atoms with Gasteiger partial charge >= 0.3 is 0 Å². The van der Waals surface area contributed by atoms with Crippen LogP contribution in [-0.2, 0) is 5.41 Å². The molecule has 0 radical (unpaired) electrons. The van der Waals surface area contributed by atoms with Crippen LogP contribution in [0.1, 0.15) is 25.0 Å². The molecule has 0 N–H and O–H groups in total. The molecule has 5 nitrogen and oxygen atoms in total. The van der Waals surface area contributed by atoms with Crippen LogP contribution in [0, 0.1) is 0 Å². The molecule has 0 unspecified atom stereocenters. The van der Waals surface area contributed by atoms with E-state index in [1.54, 1.807) is 0 Å². The Hall–Kier alpha value is -7.63. The lowest BCUT2D eigenvalue weighted by molar-refractivity contribution is 0.666. The summed E-state index contributed by atoms with van der Waals surface area (Å²) in [5, 5.41) is 4.71. The molecule has 12 rings (SSSR count). The van der Waals surface area contributed by atoms with E-state index in [0.29, 0.717) is 17.5 Å².